The molecule has 0 aliphatic carbocycles. The predicted octanol–water partition coefficient (Wildman–Crippen LogP) is 5.09. The summed E-state index contributed by atoms with van der Waals surface area (Å²) >= 11 is 2.03. The zero-order valence-electron chi connectivity index (χ0n) is 11.1. The van der Waals surface area contributed by atoms with Crippen LogP contribution in [0.5, 0.6) is 0 Å². The Bertz CT molecular complexity index is 422. The first-order valence-corrected chi connectivity index (χ1v) is 7.57. The molecule has 0 aliphatic rings. The van der Waals surface area contributed by atoms with Crippen molar-refractivity contribution in [3.05, 3.63) is 71.8 Å². The molecule has 1 heteroatoms. The van der Waals surface area contributed by atoms with Crippen LogP contribution in [0.4, 0.5) is 0 Å². The van der Waals surface area contributed by atoms with E-state index in [4.69, 9.17) is 0 Å². The highest BCUT2D eigenvalue weighted by atomic mass is 32.2. The fourth-order valence-electron chi connectivity index (χ4n) is 2.50. The molecule has 0 fully saturated rings. The van der Waals surface area contributed by atoms with Crippen LogP contribution >= 0.6 is 11.8 Å². The van der Waals surface area contributed by atoms with Gasteiger partial charge in [-0.1, -0.05) is 74.5 Å². The van der Waals surface area contributed by atoms with E-state index < -0.39 is 0 Å². The second-order valence-corrected chi connectivity index (χ2v) is 5.91. The van der Waals surface area contributed by atoms with Crippen LogP contribution in [-0.2, 0) is 4.75 Å². The normalized spacial score (nSPS) is 11.4. The number of benzene rings is 2. The van der Waals surface area contributed by atoms with Gasteiger partial charge in [0, 0.05) is 0 Å². The molecule has 0 heterocycles. The molecule has 94 valence electrons. The average Bonchev–Trinajstić information content (AvgIpc) is 2.47. The van der Waals surface area contributed by atoms with Crippen molar-refractivity contribution in [1.82, 2.24) is 0 Å². The van der Waals surface area contributed by atoms with Crippen LogP contribution in [-0.4, -0.2) is 5.75 Å². The molecule has 0 aromatic heterocycles. The second kappa shape index (κ2) is 6.10. The lowest BCUT2D eigenvalue weighted by atomic mass is 9.88. The van der Waals surface area contributed by atoms with Gasteiger partial charge in [0.15, 0.2) is 0 Å². The third-order valence-electron chi connectivity index (χ3n) is 3.37. The quantitative estimate of drug-likeness (QED) is 0.717. The highest BCUT2D eigenvalue weighted by Crippen LogP contribution is 2.45. The van der Waals surface area contributed by atoms with E-state index in [9.17, 15) is 0 Å². The summed E-state index contributed by atoms with van der Waals surface area (Å²) in [6, 6.07) is 21.7. The van der Waals surface area contributed by atoms with Gasteiger partial charge in [-0.25, -0.2) is 0 Å². The third-order valence-corrected chi connectivity index (χ3v) is 4.91. The zero-order valence-corrected chi connectivity index (χ0v) is 11.9. The van der Waals surface area contributed by atoms with Gasteiger partial charge in [0.2, 0.25) is 0 Å². The molecular formula is C17H20S. The van der Waals surface area contributed by atoms with Crippen molar-refractivity contribution < 1.29 is 0 Å². The van der Waals surface area contributed by atoms with Crippen molar-refractivity contribution >= 4 is 11.8 Å². The molecule has 0 amide bonds. The fourth-order valence-corrected chi connectivity index (χ4v) is 3.81. The zero-order chi connectivity index (χ0) is 12.8. The lowest BCUT2D eigenvalue weighted by Crippen LogP contribution is -2.23. The Kier molecular flexibility index (Phi) is 4.48. The Labute approximate surface area is 114 Å². The molecule has 18 heavy (non-hydrogen) atoms. The summed E-state index contributed by atoms with van der Waals surface area (Å²) in [5.41, 5.74) is 2.82. The molecule has 2 aromatic carbocycles. The van der Waals surface area contributed by atoms with Crippen molar-refractivity contribution in [3.63, 3.8) is 0 Å². The van der Waals surface area contributed by atoms with Gasteiger partial charge in [-0.15, -0.1) is 11.8 Å². The summed E-state index contributed by atoms with van der Waals surface area (Å²) < 4.78 is 0.0945. The topological polar surface area (TPSA) is 0 Å². The SMILES string of the molecule is CCSC(CC)(c1ccccc1)c1ccccc1. The maximum Gasteiger partial charge on any atom is 0.0654 e. The molecule has 2 rings (SSSR count). The highest BCUT2D eigenvalue weighted by Gasteiger charge is 2.31. The Balaban J connectivity index is 2.53. The van der Waals surface area contributed by atoms with Gasteiger partial charge in [-0.3, -0.25) is 0 Å². The molecule has 0 bridgehead atoms. The first-order chi connectivity index (χ1) is 8.83. The average molecular weight is 256 g/mol. The van der Waals surface area contributed by atoms with E-state index >= 15 is 0 Å². The van der Waals surface area contributed by atoms with E-state index in [2.05, 4.69) is 74.5 Å². The largest absolute Gasteiger partial charge is 0.146 e. The first-order valence-electron chi connectivity index (χ1n) is 6.58. The molecule has 0 spiro atoms. The summed E-state index contributed by atoms with van der Waals surface area (Å²) in [6.45, 7) is 4.52. The van der Waals surface area contributed by atoms with Crippen LogP contribution in [0.25, 0.3) is 0 Å². The van der Waals surface area contributed by atoms with E-state index in [0.29, 0.717) is 0 Å². The maximum absolute atomic E-state index is 2.28. The molecule has 0 radical (unpaired) electrons. The molecular weight excluding hydrogens is 236 g/mol. The van der Waals surface area contributed by atoms with Crippen LogP contribution in [0.15, 0.2) is 60.7 Å². The fraction of sp³-hybridized carbons (Fsp3) is 0.294. The molecule has 0 saturated heterocycles. The third kappa shape index (κ3) is 2.46. The smallest absolute Gasteiger partial charge is 0.0654 e. The van der Waals surface area contributed by atoms with E-state index in [1.165, 1.54) is 11.1 Å². The summed E-state index contributed by atoms with van der Waals surface area (Å²) in [4.78, 5) is 0. The summed E-state index contributed by atoms with van der Waals surface area (Å²) in [5, 5.41) is 0. The first kappa shape index (κ1) is 13.2. The van der Waals surface area contributed by atoms with Gasteiger partial charge in [-0.2, -0.15) is 0 Å². The van der Waals surface area contributed by atoms with Gasteiger partial charge < -0.3 is 0 Å². The van der Waals surface area contributed by atoms with Gasteiger partial charge in [0.1, 0.15) is 0 Å². The lowest BCUT2D eigenvalue weighted by Gasteiger charge is -2.33. The van der Waals surface area contributed by atoms with Gasteiger partial charge in [0.25, 0.3) is 0 Å². The minimum atomic E-state index is 0.0945. The minimum Gasteiger partial charge on any atom is -0.146 e. The Morgan fingerprint density at radius 2 is 1.22 bits per heavy atom. The van der Waals surface area contributed by atoms with Crippen molar-refractivity contribution in [2.75, 3.05) is 5.75 Å². The minimum absolute atomic E-state index is 0.0945. The summed E-state index contributed by atoms with van der Waals surface area (Å²) in [6.07, 6.45) is 1.11. The van der Waals surface area contributed by atoms with Crippen molar-refractivity contribution in [1.29, 1.82) is 0 Å². The number of rotatable bonds is 5. The monoisotopic (exact) mass is 256 g/mol. The number of thioether (sulfide) groups is 1. The van der Waals surface area contributed by atoms with Gasteiger partial charge in [0.05, 0.1) is 4.75 Å². The van der Waals surface area contributed by atoms with Crippen LogP contribution < -0.4 is 0 Å². The molecule has 0 saturated carbocycles. The Hall–Kier alpha value is -1.21. The van der Waals surface area contributed by atoms with E-state index in [1.807, 2.05) is 11.8 Å². The van der Waals surface area contributed by atoms with Gasteiger partial charge in [-0.05, 0) is 23.3 Å². The van der Waals surface area contributed by atoms with Crippen LogP contribution in [0.2, 0.25) is 0 Å². The molecule has 0 nitrogen and oxygen atoms in total. The maximum atomic E-state index is 2.28. The van der Waals surface area contributed by atoms with Crippen molar-refractivity contribution in [2.24, 2.45) is 0 Å². The van der Waals surface area contributed by atoms with Crippen LogP contribution in [0.1, 0.15) is 31.4 Å². The molecule has 0 unspecified atom stereocenters. The van der Waals surface area contributed by atoms with E-state index in [0.717, 1.165) is 12.2 Å². The number of hydrogen-bond donors (Lipinski definition) is 0. The lowest BCUT2D eigenvalue weighted by molar-refractivity contribution is 0.710. The molecule has 0 N–H and O–H groups in total. The second-order valence-electron chi connectivity index (χ2n) is 4.35. The van der Waals surface area contributed by atoms with Crippen molar-refractivity contribution in [2.45, 2.75) is 25.0 Å². The standard InChI is InChI=1S/C17H20S/c1-3-17(18-4-2,15-11-7-5-8-12-15)16-13-9-6-10-14-16/h5-14H,3-4H2,1-2H3. The summed E-state index contributed by atoms with van der Waals surface area (Å²) in [5.74, 6) is 1.12. The van der Waals surface area contributed by atoms with Crippen molar-refractivity contribution in [3.8, 4) is 0 Å². The summed E-state index contributed by atoms with van der Waals surface area (Å²) in [7, 11) is 0. The van der Waals surface area contributed by atoms with E-state index in [1.54, 1.807) is 0 Å². The predicted molar refractivity (Wildman–Crippen MR) is 82.1 cm³/mol. The molecule has 0 atom stereocenters. The van der Waals surface area contributed by atoms with Gasteiger partial charge >= 0.3 is 0 Å². The van der Waals surface area contributed by atoms with Crippen LogP contribution in [0, 0.1) is 0 Å². The molecule has 2 aromatic rings. The Morgan fingerprint density at radius 1 is 0.778 bits per heavy atom. The number of hydrogen-bond acceptors (Lipinski definition) is 1. The highest BCUT2D eigenvalue weighted by molar-refractivity contribution is 8.00. The van der Waals surface area contributed by atoms with Crippen LogP contribution in [0.3, 0.4) is 0 Å². The Morgan fingerprint density at radius 3 is 1.56 bits per heavy atom. The van der Waals surface area contributed by atoms with E-state index in [-0.39, 0.29) is 4.75 Å². The molecule has 0 aliphatic heterocycles.